The zero-order valence-corrected chi connectivity index (χ0v) is 11.7. The quantitative estimate of drug-likeness (QED) is 0.431. The van der Waals surface area contributed by atoms with Crippen LogP contribution in [-0.2, 0) is 14.2 Å². The standard InChI is InChI=1S/C12H26N2O3/c1-11(2)7-8(12(3,4)17-11)9(14-13)10(15-5)16-6/h8-10,14H,7,13H2,1-6H3. The van der Waals surface area contributed by atoms with Gasteiger partial charge in [-0.25, -0.2) is 0 Å². The van der Waals surface area contributed by atoms with Crippen LogP contribution in [0.4, 0.5) is 0 Å². The van der Waals surface area contributed by atoms with Crippen molar-refractivity contribution in [1.82, 2.24) is 5.43 Å². The number of nitrogens with two attached hydrogens (primary N) is 1. The summed E-state index contributed by atoms with van der Waals surface area (Å²) in [5, 5.41) is 0. The van der Waals surface area contributed by atoms with Gasteiger partial charge in [-0.2, -0.15) is 0 Å². The van der Waals surface area contributed by atoms with Crippen LogP contribution in [-0.4, -0.2) is 37.8 Å². The molecule has 1 rings (SSSR count). The van der Waals surface area contributed by atoms with E-state index in [0.717, 1.165) is 6.42 Å². The molecule has 5 heteroatoms. The third kappa shape index (κ3) is 3.17. The van der Waals surface area contributed by atoms with Gasteiger partial charge in [-0.3, -0.25) is 11.3 Å². The number of ether oxygens (including phenoxy) is 3. The van der Waals surface area contributed by atoms with Gasteiger partial charge in [0, 0.05) is 20.1 Å². The third-order valence-electron chi connectivity index (χ3n) is 3.53. The minimum Gasteiger partial charge on any atom is -0.369 e. The largest absolute Gasteiger partial charge is 0.369 e. The summed E-state index contributed by atoms with van der Waals surface area (Å²) < 4.78 is 16.7. The molecule has 0 aliphatic carbocycles. The fourth-order valence-corrected chi connectivity index (χ4v) is 2.94. The van der Waals surface area contributed by atoms with E-state index in [1.807, 2.05) is 0 Å². The molecule has 2 unspecified atom stereocenters. The van der Waals surface area contributed by atoms with Crippen LogP contribution in [0.1, 0.15) is 34.1 Å². The number of hydrogen-bond donors (Lipinski definition) is 2. The number of rotatable bonds is 5. The highest BCUT2D eigenvalue weighted by Crippen LogP contribution is 2.44. The molecular weight excluding hydrogens is 220 g/mol. The van der Waals surface area contributed by atoms with Crippen molar-refractivity contribution in [3.05, 3.63) is 0 Å². The molecule has 5 nitrogen and oxygen atoms in total. The first-order valence-electron chi connectivity index (χ1n) is 5.99. The molecule has 0 saturated carbocycles. The molecule has 0 spiro atoms. The van der Waals surface area contributed by atoms with Crippen molar-refractivity contribution in [1.29, 1.82) is 0 Å². The Morgan fingerprint density at radius 1 is 1.24 bits per heavy atom. The van der Waals surface area contributed by atoms with Gasteiger partial charge >= 0.3 is 0 Å². The summed E-state index contributed by atoms with van der Waals surface area (Å²) in [6.45, 7) is 8.35. The first kappa shape index (κ1) is 14.9. The molecule has 1 heterocycles. The maximum Gasteiger partial charge on any atom is 0.173 e. The Morgan fingerprint density at radius 2 is 1.76 bits per heavy atom. The molecule has 17 heavy (non-hydrogen) atoms. The second-order valence-electron chi connectivity index (χ2n) is 5.81. The molecule has 2 atom stereocenters. The van der Waals surface area contributed by atoms with Crippen molar-refractivity contribution < 1.29 is 14.2 Å². The van der Waals surface area contributed by atoms with Gasteiger partial charge in [-0.1, -0.05) is 0 Å². The fourth-order valence-electron chi connectivity index (χ4n) is 2.94. The highest BCUT2D eigenvalue weighted by Gasteiger charge is 2.50. The van der Waals surface area contributed by atoms with E-state index in [2.05, 4.69) is 33.1 Å². The highest BCUT2D eigenvalue weighted by atomic mass is 16.7. The van der Waals surface area contributed by atoms with E-state index in [1.165, 1.54) is 0 Å². The van der Waals surface area contributed by atoms with E-state index in [0.29, 0.717) is 0 Å². The molecule has 0 radical (unpaired) electrons. The lowest BCUT2D eigenvalue weighted by Gasteiger charge is -2.35. The van der Waals surface area contributed by atoms with Crippen LogP contribution < -0.4 is 11.3 Å². The van der Waals surface area contributed by atoms with Crippen molar-refractivity contribution in [2.45, 2.75) is 57.6 Å². The Bertz CT molecular complexity index is 252. The van der Waals surface area contributed by atoms with Crippen LogP contribution in [0, 0.1) is 5.92 Å². The topological polar surface area (TPSA) is 65.7 Å². The lowest BCUT2D eigenvalue weighted by molar-refractivity contribution is -0.147. The second kappa shape index (κ2) is 5.20. The van der Waals surface area contributed by atoms with Crippen molar-refractivity contribution in [2.24, 2.45) is 11.8 Å². The van der Waals surface area contributed by atoms with Gasteiger partial charge in [0.15, 0.2) is 6.29 Å². The van der Waals surface area contributed by atoms with Crippen LogP contribution >= 0.6 is 0 Å². The van der Waals surface area contributed by atoms with Gasteiger partial charge in [0.25, 0.3) is 0 Å². The first-order chi connectivity index (χ1) is 7.77. The average molecular weight is 246 g/mol. The molecule has 0 amide bonds. The van der Waals surface area contributed by atoms with Crippen LogP contribution in [0.25, 0.3) is 0 Å². The maximum absolute atomic E-state index is 6.06. The van der Waals surface area contributed by atoms with Crippen molar-refractivity contribution in [3.8, 4) is 0 Å². The van der Waals surface area contributed by atoms with E-state index in [1.54, 1.807) is 14.2 Å². The predicted molar refractivity (Wildman–Crippen MR) is 66.3 cm³/mol. The van der Waals surface area contributed by atoms with E-state index in [9.17, 15) is 0 Å². The first-order valence-corrected chi connectivity index (χ1v) is 5.99. The average Bonchev–Trinajstić information content (AvgIpc) is 2.43. The summed E-state index contributed by atoms with van der Waals surface area (Å²) >= 11 is 0. The highest BCUT2D eigenvalue weighted by molar-refractivity contribution is 5.00. The van der Waals surface area contributed by atoms with Crippen molar-refractivity contribution in [3.63, 3.8) is 0 Å². The summed E-state index contributed by atoms with van der Waals surface area (Å²) in [4.78, 5) is 0. The molecule has 1 saturated heterocycles. The Morgan fingerprint density at radius 3 is 2.06 bits per heavy atom. The Balaban J connectivity index is 2.89. The van der Waals surface area contributed by atoms with Gasteiger partial charge < -0.3 is 14.2 Å². The van der Waals surface area contributed by atoms with Crippen LogP contribution in [0.3, 0.4) is 0 Å². The predicted octanol–water partition coefficient (Wildman–Crippen LogP) is 1.03. The normalized spacial score (nSPS) is 28.6. The Hall–Kier alpha value is -0.200. The molecule has 0 aromatic heterocycles. The zero-order valence-electron chi connectivity index (χ0n) is 11.7. The molecule has 1 fully saturated rings. The Labute approximate surface area is 104 Å². The SMILES string of the molecule is COC(OC)C(NN)C1CC(C)(C)OC1(C)C. The van der Waals surface area contributed by atoms with E-state index < -0.39 is 0 Å². The fraction of sp³-hybridized carbons (Fsp3) is 1.00. The molecular formula is C12H26N2O3. The van der Waals surface area contributed by atoms with E-state index in [-0.39, 0.29) is 29.5 Å². The summed E-state index contributed by atoms with van der Waals surface area (Å²) in [7, 11) is 3.24. The minimum atomic E-state index is -0.373. The lowest BCUT2D eigenvalue weighted by Crippen LogP contribution is -2.54. The molecule has 0 aromatic carbocycles. The summed E-state index contributed by atoms with van der Waals surface area (Å²) in [5.74, 6) is 5.88. The maximum atomic E-state index is 6.06. The second-order valence-corrected chi connectivity index (χ2v) is 5.81. The molecule has 0 bridgehead atoms. The number of nitrogens with one attached hydrogen (secondary N) is 1. The van der Waals surface area contributed by atoms with Gasteiger partial charge in [-0.15, -0.1) is 0 Å². The number of methoxy groups -OCH3 is 2. The Kier molecular flexibility index (Phi) is 4.54. The van der Waals surface area contributed by atoms with Crippen LogP contribution in [0.2, 0.25) is 0 Å². The van der Waals surface area contributed by atoms with Gasteiger partial charge in [0.05, 0.1) is 17.2 Å². The lowest BCUT2D eigenvalue weighted by atomic mass is 9.81. The zero-order chi connectivity index (χ0) is 13.3. The molecule has 0 aromatic rings. The van der Waals surface area contributed by atoms with Crippen LogP contribution in [0.15, 0.2) is 0 Å². The van der Waals surface area contributed by atoms with Gasteiger partial charge in [-0.05, 0) is 34.1 Å². The molecule has 102 valence electrons. The van der Waals surface area contributed by atoms with Crippen molar-refractivity contribution >= 4 is 0 Å². The van der Waals surface area contributed by atoms with Gasteiger partial charge in [0.1, 0.15) is 0 Å². The van der Waals surface area contributed by atoms with Gasteiger partial charge in [0.2, 0.25) is 0 Å². The summed E-state index contributed by atoms with van der Waals surface area (Å²) in [6.07, 6.45) is 0.541. The molecule has 1 aliphatic heterocycles. The van der Waals surface area contributed by atoms with E-state index >= 15 is 0 Å². The molecule has 1 aliphatic rings. The number of hydrazine groups is 1. The number of hydrogen-bond acceptors (Lipinski definition) is 5. The van der Waals surface area contributed by atoms with E-state index in [4.69, 9.17) is 20.1 Å². The smallest absolute Gasteiger partial charge is 0.173 e. The monoisotopic (exact) mass is 246 g/mol. The molecule has 3 N–H and O–H groups in total. The van der Waals surface area contributed by atoms with Crippen LogP contribution in [0.5, 0.6) is 0 Å². The third-order valence-corrected chi connectivity index (χ3v) is 3.53. The van der Waals surface area contributed by atoms with Crippen molar-refractivity contribution in [2.75, 3.05) is 14.2 Å². The summed E-state index contributed by atoms with van der Waals surface area (Å²) in [6, 6.07) is -0.0956. The minimum absolute atomic E-state index is 0.0956. The summed E-state index contributed by atoms with van der Waals surface area (Å²) in [5.41, 5.74) is 2.41.